The minimum absolute atomic E-state index is 0.0662. The Balaban J connectivity index is 3.24. The van der Waals surface area contributed by atoms with Gasteiger partial charge in [0.1, 0.15) is 5.82 Å². The number of nitrogens with one attached hydrogen (secondary N) is 2. The van der Waals surface area contributed by atoms with Gasteiger partial charge >= 0.3 is 30.1 Å². The Morgan fingerprint density at radius 2 is 1.35 bits per heavy atom. The first-order valence-electron chi connectivity index (χ1n) is 5.43. The zero-order valence-electron chi connectivity index (χ0n) is 10.6. The van der Waals surface area contributed by atoms with Gasteiger partial charge in [-0.15, -0.1) is 0 Å². The van der Waals surface area contributed by atoms with Crippen molar-refractivity contribution in [3.05, 3.63) is 24.4 Å². The summed E-state index contributed by atoms with van der Waals surface area (Å²) in [5.41, 5.74) is -6.42. The number of nitrogens with zero attached hydrogens (tertiary/aromatic N) is 1. The molecule has 1 aromatic heterocycles. The number of anilines is 1. The van der Waals surface area contributed by atoms with Gasteiger partial charge in [-0.25, -0.2) is 9.78 Å². The molecule has 0 atom stereocenters. The number of rotatable bonds is 2. The molecule has 1 rings (SSSR count). The number of pyridine rings is 1. The lowest BCUT2D eigenvalue weighted by Crippen LogP contribution is -2.75. The van der Waals surface area contributed by atoms with E-state index >= 15 is 0 Å². The van der Waals surface area contributed by atoms with Crippen molar-refractivity contribution in [2.24, 2.45) is 0 Å². The molecule has 0 aliphatic carbocycles. The summed E-state index contributed by atoms with van der Waals surface area (Å²) in [5.74, 6) is -0.551. The first kappa shape index (κ1) is 18.8. The molecule has 130 valence electrons. The Labute approximate surface area is 121 Å². The highest BCUT2D eigenvalue weighted by atomic mass is 19.4. The molecule has 0 aliphatic rings. The van der Waals surface area contributed by atoms with Gasteiger partial charge in [0.25, 0.3) is 0 Å². The summed E-state index contributed by atoms with van der Waals surface area (Å²) in [6.45, 7) is 0. The highest BCUT2D eigenvalue weighted by Crippen LogP contribution is 2.52. The standard InChI is InChI=1S/C10H6F9N3O/c11-8(12,13)7(9(14,15)16,10(17,18)19)22-6(23)21-5-3-1-2-4-20-5/h1-4H,(H2,20,21,22,23). The highest BCUT2D eigenvalue weighted by Gasteiger charge is 2.84. The number of carbonyl (C=O) groups is 1. The van der Waals surface area contributed by atoms with Crippen molar-refractivity contribution in [2.75, 3.05) is 5.32 Å². The SMILES string of the molecule is O=C(Nc1ccccn1)NC(C(F)(F)F)(C(F)(F)F)C(F)(F)F. The third-order valence-electron chi connectivity index (χ3n) is 2.48. The van der Waals surface area contributed by atoms with Crippen LogP contribution in [-0.2, 0) is 0 Å². The van der Waals surface area contributed by atoms with Crippen LogP contribution in [0.15, 0.2) is 24.4 Å². The van der Waals surface area contributed by atoms with E-state index < -0.39 is 35.9 Å². The van der Waals surface area contributed by atoms with Crippen molar-refractivity contribution < 1.29 is 44.3 Å². The van der Waals surface area contributed by atoms with Crippen LogP contribution in [0.25, 0.3) is 0 Å². The van der Waals surface area contributed by atoms with E-state index in [0.717, 1.165) is 12.3 Å². The van der Waals surface area contributed by atoms with Gasteiger partial charge < -0.3 is 5.32 Å². The number of hydrogen-bond donors (Lipinski definition) is 2. The zero-order valence-corrected chi connectivity index (χ0v) is 10.6. The molecule has 0 saturated heterocycles. The molecule has 0 aliphatic heterocycles. The summed E-state index contributed by atoms with van der Waals surface area (Å²) in [5, 5.41) is 1.29. The van der Waals surface area contributed by atoms with E-state index in [1.165, 1.54) is 17.4 Å². The molecule has 4 nitrogen and oxygen atoms in total. The van der Waals surface area contributed by atoms with E-state index in [4.69, 9.17) is 0 Å². The van der Waals surface area contributed by atoms with Crippen molar-refractivity contribution >= 4 is 11.8 Å². The van der Waals surface area contributed by atoms with Crippen LogP contribution in [0.1, 0.15) is 0 Å². The smallest absolute Gasteiger partial charge is 0.308 e. The Bertz CT molecular complexity index is 513. The monoisotopic (exact) mass is 355 g/mol. The maximum Gasteiger partial charge on any atom is 0.429 e. The second-order valence-electron chi connectivity index (χ2n) is 4.04. The van der Waals surface area contributed by atoms with Gasteiger partial charge in [-0.05, 0) is 12.1 Å². The third-order valence-corrected chi connectivity index (χ3v) is 2.48. The van der Waals surface area contributed by atoms with E-state index in [1.54, 1.807) is 0 Å². The van der Waals surface area contributed by atoms with Crippen LogP contribution in [0.3, 0.4) is 0 Å². The van der Waals surface area contributed by atoms with Crippen LogP contribution in [0.4, 0.5) is 50.1 Å². The molecule has 0 unspecified atom stereocenters. The molecule has 0 aromatic carbocycles. The molecule has 0 bridgehead atoms. The second-order valence-corrected chi connectivity index (χ2v) is 4.04. The molecular formula is C10H6F9N3O. The minimum Gasteiger partial charge on any atom is -0.308 e. The van der Waals surface area contributed by atoms with E-state index in [9.17, 15) is 44.3 Å². The van der Waals surface area contributed by atoms with Crippen LogP contribution in [0.2, 0.25) is 0 Å². The first-order chi connectivity index (χ1) is 10.2. The predicted octanol–water partition coefficient (Wildman–Crippen LogP) is 3.63. The number of urea groups is 1. The molecular weight excluding hydrogens is 349 g/mol. The van der Waals surface area contributed by atoms with Crippen LogP contribution < -0.4 is 10.6 Å². The van der Waals surface area contributed by atoms with Gasteiger partial charge in [-0.3, -0.25) is 5.32 Å². The maximum atomic E-state index is 12.6. The molecule has 0 radical (unpaired) electrons. The van der Waals surface area contributed by atoms with Gasteiger partial charge in [0.15, 0.2) is 0 Å². The predicted molar refractivity (Wildman–Crippen MR) is 57.3 cm³/mol. The van der Waals surface area contributed by atoms with E-state index in [1.807, 2.05) is 0 Å². The van der Waals surface area contributed by atoms with Crippen molar-refractivity contribution in [1.29, 1.82) is 0 Å². The Morgan fingerprint density at radius 3 is 1.70 bits per heavy atom. The molecule has 1 aromatic rings. The van der Waals surface area contributed by atoms with Gasteiger partial charge in [0.05, 0.1) is 0 Å². The number of alkyl halides is 9. The highest BCUT2D eigenvalue weighted by molar-refractivity contribution is 5.89. The Hall–Kier alpha value is -2.21. The van der Waals surface area contributed by atoms with E-state index in [0.29, 0.717) is 0 Å². The summed E-state index contributed by atoms with van der Waals surface area (Å²) in [7, 11) is 0. The molecule has 1 heterocycles. The summed E-state index contributed by atoms with van der Waals surface area (Å²) in [4.78, 5) is 14.5. The summed E-state index contributed by atoms with van der Waals surface area (Å²) >= 11 is 0. The van der Waals surface area contributed by atoms with Crippen LogP contribution in [0.5, 0.6) is 0 Å². The second kappa shape index (κ2) is 5.77. The van der Waals surface area contributed by atoms with Crippen LogP contribution >= 0.6 is 0 Å². The largest absolute Gasteiger partial charge is 0.429 e. The number of aromatic nitrogens is 1. The summed E-state index contributed by atoms with van der Waals surface area (Å²) < 4.78 is 113. The fraction of sp³-hybridized carbons (Fsp3) is 0.400. The molecule has 0 fully saturated rings. The quantitative estimate of drug-likeness (QED) is 0.796. The van der Waals surface area contributed by atoms with Crippen molar-refractivity contribution in [2.45, 2.75) is 24.1 Å². The molecule has 0 saturated carbocycles. The van der Waals surface area contributed by atoms with Crippen molar-refractivity contribution in [3.8, 4) is 0 Å². The number of hydrogen-bond acceptors (Lipinski definition) is 2. The van der Waals surface area contributed by atoms with Gasteiger partial charge in [0.2, 0.25) is 0 Å². The first-order valence-corrected chi connectivity index (χ1v) is 5.43. The van der Waals surface area contributed by atoms with Crippen molar-refractivity contribution in [3.63, 3.8) is 0 Å². The Kier molecular flexibility index (Phi) is 4.73. The van der Waals surface area contributed by atoms with Gasteiger partial charge in [-0.1, -0.05) is 6.07 Å². The van der Waals surface area contributed by atoms with Crippen LogP contribution in [-0.4, -0.2) is 35.1 Å². The lowest BCUT2D eigenvalue weighted by Gasteiger charge is -2.38. The van der Waals surface area contributed by atoms with E-state index in [-0.39, 0.29) is 5.32 Å². The van der Waals surface area contributed by atoms with E-state index in [2.05, 4.69) is 4.98 Å². The zero-order chi connectivity index (χ0) is 18.1. The summed E-state index contributed by atoms with van der Waals surface area (Å²) in [6, 6.07) is 1.04. The third kappa shape index (κ3) is 3.59. The lowest BCUT2D eigenvalue weighted by molar-refractivity contribution is -0.386. The number of halogens is 9. The molecule has 2 amide bonds. The fourth-order valence-corrected chi connectivity index (χ4v) is 1.45. The van der Waals surface area contributed by atoms with Crippen LogP contribution in [0, 0.1) is 0 Å². The molecule has 13 heteroatoms. The average Bonchev–Trinajstić information content (AvgIpc) is 2.32. The maximum absolute atomic E-state index is 12.6. The Morgan fingerprint density at radius 1 is 0.870 bits per heavy atom. The number of carbonyl (C=O) groups excluding carboxylic acids is 1. The normalized spacial score (nSPS) is 13.6. The summed E-state index contributed by atoms with van der Waals surface area (Å²) in [6.07, 6.45) is -19.7. The molecule has 0 spiro atoms. The van der Waals surface area contributed by atoms with Crippen molar-refractivity contribution in [1.82, 2.24) is 10.3 Å². The molecule has 2 N–H and O–H groups in total. The average molecular weight is 355 g/mol. The number of amides is 2. The van der Waals surface area contributed by atoms with Gasteiger partial charge in [-0.2, -0.15) is 39.5 Å². The molecule has 23 heavy (non-hydrogen) atoms. The minimum atomic E-state index is -6.88. The topological polar surface area (TPSA) is 54.0 Å². The fourth-order valence-electron chi connectivity index (χ4n) is 1.45. The van der Waals surface area contributed by atoms with Gasteiger partial charge in [0, 0.05) is 6.20 Å². The lowest BCUT2D eigenvalue weighted by atomic mass is 9.97.